The highest BCUT2D eigenvalue weighted by atomic mass is 32.1. The van der Waals surface area contributed by atoms with Crippen molar-refractivity contribution in [3.63, 3.8) is 0 Å². The van der Waals surface area contributed by atoms with Gasteiger partial charge in [-0.15, -0.1) is 0 Å². The van der Waals surface area contributed by atoms with Crippen molar-refractivity contribution in [3.05, 3.63) is 34.4 Å². The summed E-state index contributed by atoms with van der Waals surface area (Å²) in [6.07, 6.45) is 1.86. The normalized spacial score (nSPS) is 15.2. The molecule has 6 heteroatoms. The lowest BCUT2D eigenvalue weighted by molar-refractivity contribution is 0.578. The number of halogens is 3. The Morgan fingerprint density at radius 2 is 1.68 bits per heavy atom. The maximum atomic E-state index is 14.1. The van der Waals surface area contributed by atoms with Crippen LogP contribution in [0.4, 0.5) is 18.9 Å². The Labute approximate surface area is 112 Å². The molecule has 0 unspecified atom stereocenters. The Morgan fingerprint density at radius 3 is 2.21 bits per heavy atom. The van der Waals surface area contributed by atoms with Gasteiger partial charge in [0.2, 0.25) is 5.13 Å². The predicted octanol–water partition coefficient (Wildman–Crippen LogP) is 3.83. The maximum absolute atomic E-state index is 14.1. The highest BCUT2D eigenvalue weighted by Gasteiger charge is 2.22. The van der Waals surface area contributed by atoms with Gasteiger partial charge in [0, 0.05) is 18.7 Å². The number of thiazole rings is 1. The number of nitrogens with zero attached hydrogens (tertiary/aromatic N) is 2. The summed E-state index contributed by atoms with van der Waals surface area (Å²) < 4.78 is 41.5. The lowest BCUT2D eigenvalue weighted by Gasteiger charge is -2.19. The van der Waals surface area contributed by atoms with Gasteiger partial charge in [-0.3, -0.25) is 0 Å². The van der Waals surface area contributed by atoms with Gasteiger partial charge in [0.25, 0.3) is 0 Å². The second-order valence-corrected chi connectivity index (χ2v) is 5.26. The summed E-state index contributed by atoms with van der Waals surface area (Å²) in [4.78, 5) is 5.48. The van der Waals surface area contributed by atoms with Gasteiger partial charge in [0.05, 0.1) is 5.51 Å². The lowest BCUT2D eigenvalue weighted by Crippen LogP contribution is -2.20. The molecule has 0 amide bonds. The van der Waals surface area contributed by atoms with Gasteiger partial charge in [-0.2, -0.15) is 4.39 Å². The molecule has 3 rings (SSSR count). The smallest absolute Gasteiger partial charge is 0.204 e. The van der Waals surface area contributed by atoms with Crippen molar-refractivity contribution >= 4 is 17.0 Å². The third-order valence-electron chi connectivity index (χ3n) is 3.24. The minimum atomic E-state index is -0.663. The predicted molar refractivity (Wildman–Crippen MR) is 68.9 cm³/mol. The molecule has 100 valence electrons. The van der Waals surface area contributed by atoms with E-state index < -0.39 is 16.8 Å². The molecule has 1 saturated heterocycles. The largest absolute Gasteiger partial charge is 0.367 e. The Bertz CT molecular complexity index is 583. The molecule has 0 spiro atoms. The van der Waals surface area contributed by atoms with Crippen LogP contribution in [0.25, 0.3) is 11.3 Å². The Hall–Kier alpha value is -1.56. The van der Waals surface area contributed by atoms with Gasteiger partial charge < -0.3 is 4.90 Å². The lowest BCUT2D eigenvalue weighted by atomic mass is 10.1. The summed E-state index contributed by atoms with van der Waals surface area (Å²) in [5.41, 5.74) is 1.43. The maximum Gasteiger partial charge on any atom is 0.204 e. The fourth-order valence-electron chi connectivity index (χ4n) is 2.36. The van der Waals surface area contributed by atoms with Crippen LogP contribution in [-0.4, -0.2) is 18.1 Å². The molecule has 0 saturated carbocycles. The molecule has 0 bridgehead atoms. The molecule has 1 aliphatic rings. The van der Waals surface area contributed by atoms with Crippen LogP contribution < -0.4 is 4.90 Å². The van der Waals surface area contributed by atoms with Crippen LogP contribution in [0.5, 0.6) is 0 Å². The molecule has 0 N–H and O–H groups in total. The van der Waals surface area contributed by atoms with E-state index >= 15 is 0 Å². The van der Waals surface area contributed by atoms with E-state index in [1.165, 1.54) is 5.51 Å². The molecular formula is C13H11F3N2S. The monoisotopic (exact) mass is 284 g/mol. The van der Waals surface area contributed by atoms with Gasteiger partial charge >= 0.3 is 0 Å². The molecule has 0 aliphatic carbocycles. The van der Waals surface area contributed by atoms with Gasteiger partial charge in [-0.05, 0) is 25.0 Å². The highest BCUT2D eigenvalue weighted by Crippen LogP contribution is 2.32. The first kappa shape index (κ1) is 12.5. The number of hydrogen-bond donors (Lipinski definition) is 0. The molecule has 2 aromatic rings. The van der Waals surface area contributed by atoms with Crippen molar-refractivity contribution in [1.29, 1.82) is 0 Å². The quantitative estimate of drug-likeness (QED) is 0.833. The zero-order chi connectivity index (χ0) is 13.4. The average Bonchev–Trinajstić information content (AvgIpc) is 2.99. The van der Waals surface area contributed by atoms with E-state index in [0.29, 0.717) is 13.1 Å². The van der Waals surface area contributed by atoms with E-state index in [0.717, 1.165) is 36.3 Å². The second kappa shape index (κ2) is 4.85. The Morgan fingerprint density at radius 1 is 1.05 bits per heavy atom. The second-order valence-electron chi connectivity index (χ2n) is 4.46. The number of rotatable bonds is 2. The first-order valence-electron chi connectivity index (χ1n) is 6.00. The van der Waals surface area contributed by atoms with Crippen LogP contribution in [0.3, 0.4) is 0 Å². The molecule has 2 heterocycles. The standard InChI is InChI=1S/C13H11F3N2S/c14-9-5-8(11-13(16)19-7-17-11)6-10(15)12(9)18-3-1-2-4-18/h5-7H,1-4H2. The summed E-state index contributed by atoms with van der Waals surface area (Å²) in [6.45, 7) is 1.30. The third-order valence-corrected chi connectivity index (χ3v) is 3.85. The summed E-state index contributed by atoms with van der Waals surface area (Å²) in [5.74, 6) is -1.33. The van der Waals surface area contributed by atoms with Crippen LogP contribution in [0.2, 0.25) is 0 Å². The number of hydrogen-bond acceptors (Lipinski definition) is 3. The first-order valence-corrected chi connectivity index (χ1v) is 6.88. The minimum Gasteiger partial charge on any atom is -0.367 e. The van der Waals surface area contributed by atoms with Crippen molar-refractivity contribution in [2.75, 3.05) is 18.0 Å². The van der Waals surface area contributed by atoms with Gasteiger partial charge in [0.15, 0.2) is 0 Å². The number of aromatic nitrogens is 1. The van der Waals surface area contributed by atoms with Gasteiger partial charge in [-0.1, -0.05) is 11.3 Å². The molecule has 1 aromatic carbocycles. The van der Waals surface area contributed by atoms with E-state index in [-0.39, 0.29) is 16.9 Å². The molecule has 1 fully saturated rings. The Kier molecular flexibility index (Phi) is 3.18. The van der Waals surface area contributed by atoms with Crippen molar-refractivity contribution in [2.45, 2.75) is 12.8 Å². The summed E-state index contributed by atoms with van der Waals surface area (Å²) in [6, 6.07) is 2.30. The molecule has 1 aromatic heterocycles. The molecule has 0 atom stereocenters. The molecular weight excluding hydrogens is 273 g/mol. The van der Waals surface area contributed by atoms with Crippen molar-refractivity contribution in [2.24, 2.45) is 0 Å². The van der Waals surface area contributed by atoms with E-state index in [1.807, 2.05) is 0 Å². The number of anilines is 1. The van der Waals surface area contributed by atoms with Crippen LogP contribution in [0, 0.1) is 16.8 Å². The third kappa shape index (κ3) is 2.20. The van der Waals surface area contributed by atoms with Gasteiger partial charge in [0.1, 0.15) is 23.0 Å². The first-order chi connectivity index (χ1) is 9.16. The van der Waals surface area contributed by atoms with E-state index in [9.17, 15) is 13.2 Å². The molecule has 2 nitrogen and oxygen atoms in total. The van der Waals surface area contributed by atoms with Crippen molar-refractivity contribution in [3.8, 4) is 11.3 Å². The van der Waals surface area contributed by atoms with Crippen LogP contribution in [0.1, 0.15) is 12.8 Å². The SMILES string of the molecule is Fc1cc(-c2ncsc2F)cc(F)c1N1CCCC1. The topological polar surface area (TPSA) is 16.1 Å². The zero-order valence-electron chi connectivity index (χ0n) is 10.00. The summed E-state index contributed by atoms with van der Waals surface area (Å²) >= 11 is 0.807. The van der Waals surface area contributed by atoms with E-state index in [2.05, 4.69) is 4.98 Å². The zero-order valence-corrected chi connectivity index (χ0v) is 10.8. The van der Waals surface area contributed by atoms with Crippen LogP contribution >= 0.6 is 11.3 Å². The van der Waals surface area contributed by atoms with E-state index in [1.54, 1.807) is 4.90 Å². The van der Waals surface area contributed by atoms with Crippen molar-refractivity contribution in [1.82, 2.24) is 4.98 Å². The van der Waals surface area contributed by atoms with E-state index in [4.69, 9.17) is 0 Å². The Balaban J connectivity index is 2.05. The van der Waals surface area contributed by atoms with Crippen LogP contribution in [0.15, 0.2) is 17.6 Å². The van der Waals surface area contributed by atoms with Crippen molar-refractivity contribution < 1.29 is 13.2 Å². The van der Waals surface area contributed by atoms with Crippen LogP contribution in [-0.2, 0) is 0 Å². The minimum absolute atomic E-state index is 0.00391. The molecule has 1 aliphatic heterocycles. The fourth-order valence-corrected chi connectivity index (χ4v) is 2.90. The molecule has 0 radical (unpaired) electrons. The molecule has 19 heavy (non-hydrogen) atoms. The average molecular weight is 284 g/mol. The summed E-state index contributed by atoms with van der Waals surface area (Å²) in [5, 5.41) is -0.535. The number of benzene rings is 1. The highest BCUT2D eigenvalue weighted by molar-refractivity contribution is 7.08. The summed E-state index contributed by atoms with van der Waals surface area (Å²) in [7, 11) is 0. The fraction of sp³-hybridized carbons (Fsp3) is 0.308. The van der Waals surface area contributed by atoms with Gasteiger partial charge in [-0.25, -0.2) is 13.8 Å².